The number of aromatic nitrogens is 1. The molecule has 33 heavy (non-hydrogen) atoms. The number of nitrogens with zero attached hydrogens (tertiary/aromatic N) is 3. The summed E-state index contributed by atoms with van der Waals surface area (Å²) in [4.78, 5) is 21.3. The molecule has 0 bridgehead atoms. The zero-order valence-corrected chi connectivity index (χ0v) is 21.8. The molecule has 0 fully saturated rings. The molecule has 1 aromatic heterocycles. The van der Waals surface area contributed by atoms with Crippen molar-refractivity contribution in [2.45, 2.75) is 24.7 Å². The van der Waals surface area contributed by atoms with Crippen LogP contribution >= 0.6 is 35.3 Å². The van der Waals surface area contributed by atoms with Gasteiger partial charge < -0.3 is 4.90 Å². The number of fused-ring (bicyclic) bond motifs is 1. The molecule has 0 saturated carbocycles. The molecule has 0 unspecified atom stereocenters. The molecule has 3 rings (SSSR count). The zero-order chi connectivity index (χ0) is 23.5. The van der Waals surface area contributed by atoms with Crippen LogP contribution in [0.25, 0.3) is 10.2 Å². The van der Waals surface area contributed by atoms with E-state index in [0.29, 0.717) is 23.2 Å². The minimum Gasteiger partial charge on any atom is -0.308 e. The number of aryl methyl sites for hydroxylation is 1. The predicted octanol–water partition coefficient (Wildman–Crippen LogP) is 4.97. The Kier molecular flexibility index (Phi) is 9.63. The van der Waals surface area contributed by atoms with Crippen LogP contribution < -0.4 is 4.90 Å². The van der Waals surface area contributed by atoms with Crippen molar-refractivity contribution in [3.05, 3.63) is 52.8 Å². The summed E-state index contributed by atoms with van der Waals surface area (Å²) in [6.45, 7) is 2.96. The number of carbonyl (C=O) groups excluding carboxylic acids is 1. The van der Waals surface area contributed by atoms with Gasteiger partial charge in [-0.15, -0.1) is 12.4 Å². The molecule has 0 atom stereocenters. The van der Waals surface area contributed by atoms with Gasteiger partial charge in [-0.25, -0.2) is 17.8 Å². The van der Waals surface area contributed by atoms with Crippen molar-refractivity contribution in [1.29, 1.82) is 0 Å². The number of hydrogen-bond acceptors (Lipinski definition) is 6. The van der Waals surface area contributed by atoms with Crippen LogP contribution in [0.2, 0.25) is 5.02 Å². The Hall–Kier alpha value is -1.78. The molecule has 1 heterocycles. The Balaban J connectivity index is 0.00000385. The maximum atomic E-state index is 13.1. The van der Waals surface area contributed by atoms with Gasteiger partial charge in [0.1, 0.15) is 5.82 Å². The molecule has 180 valence electrons. The van der Waals surface area contributed by atoms with Crippen LogP contribution in [0.1, 0.15) is 18.4 Å². The molecular formula is C22H26Cl2FN3O3S2. The van der Waals surface area contributed by atoms with Crippen molar-refractivity contribution in [3.63, 3.8) is 0 Å². The monoisotopic (exact) mass is 533 g/mol. The summed E-state index contributed by atoms with van der Waals surface area (Å²) in [6.07, 6.45) is 0.219. The van der Waals surface area contributed by atoms with E-state index >= 15 is 0 Å². The van der Waals surface area contributed by atoms with Gasteiger partial charge in [0.25, 0.3) is 0 Å². The first-order valence-corrected chi connectivity index (χ1v) is 12.9. The van der Waals surface area contributed by atoms with E-state index in [2.05, 4.69) is 4.98 Å². The highest BCUT2D eigenvalue weighted by molar-refractivity contribution is 7.91. The van der Waals surface area contributed by atoms with Gasteiger partial charge in [-0.2, -0.15) is 0 Å². The third kappa shape index (κ3) is 6.86. The van der Waals surface area contributed by atoms with Crippen LogP contribution in [-0.4, -0.2) is 57.1 Å². The van der Waals surface area contributed by atoms with Gasteiger partial charge in [-0.05, 0) is 69.4 Å². The molecule has 2 aromatic carbocycles. The number of thiazole rings is 1. The fourth-order valence-electron chi connectivity index (χ4n) is 3.14. The summed E-state index contributed by atoms with van der Waals surface area (Å²) in [6, 6.07) is 8.41. The smallest absolute Gasteiger partial charge is 0.228 e. The van der Waals surface area contributed by atoms with Crippen LogP contribution in [0.5, 0.6) is 0 Å². The second-order valence-corrected chi connectivity index (χ2v) is 11.3. The average molecular weight is 535 g/mol. The van der Waals surface area contributed by atoms with E-state index in [1.54, 1.807) is 4.90 Å². The summed E-state index contributed by atoms with van der Waals surface area (Å²) < 4.78 is 39.0. The van der Waals surface area contributed by atoms with Crippen LogP contribution in [-0.2, 0) is 14.6 Å². The Morgan fingerprint density at radius 3 is 2.42 bits per heavy atom. The van der Waals surface area contributed by atoms with Gasteiger partial charge in [-0.3, -0.25) is 9.69 Å². The summed E-state index contributed by atoms with van der Waals surface area (Å²) in [5.74, 6) is -0.882. The first kappa shape index (κ1) is 27.5. The van der Waals surface area contributed by atoms with Gasteiger partial charge in [0.2, 0.25) is 5.91 Å². The highest BCUT2D eigenvalue weighted by atomic mass is 35.5. The second kappa shape index (κ2) is 11.6. The number of sulfone groups is 1. The summed E-state index contributed by atoms with van der Waals surface area (Å²) in [7, 11) is 0.241. The Morgan fingerprint density at radius 2 is 1.79 bits per heavy atom. The second-order valence-electron chi connectivity index (χ2n) is 7.74. The number of amides is 1. The molecule has 6 nitrogen and oxygen atoms in total. The molecule has 0 aliphatic heterocycles. The Morgan fingerprint density at radius 1 is 1.12 bits per heavy atom. The van der Waals surface area contributed by atoms with E-state index < -0.39 is 15.7 Å². The first-order valence-electron chi connectivity index (χ1n) is 10.1. The number of halogens is 3. The van der Waals surface area contributed by atoms with Crippen LogP contribution in [0.15, 0.2) is 41.3 Å². The molecule has 0 aliphatic carbocycles. The molecule has 11 heteroatoms. The van der Waals surface area contributed by atoms with E-state index in [0.717, 1.165) is 27.9 Å². The number of rotatable bonds is 9. The number of carbonyl (C=O) groups is 1. The maximum absolute atomic E-state index is 13.1. The van der Waals surface area contributed by atoms with Gasteiger partial charge >= 0.3 is 0 Å². The molecule has 1 amide bonds. The zero-order valence-electron chi connectivity index (χ0n) is 18.5. The molecule has 0 saturated heterocycles. The van der Waals surface area contributed by atoms with Gasteiger partial charge in [0.05, 0.1) is 20.9 Å². The van der Waals surface area contributed by atoms with Crippen molar-refractivity contribution < 1.29 is 17.6 Å². The van der Waals surface area contributed by atoms with E-state index in [1.165, 1.54) is 23.5 Å². The minimum absolute atomic E-state index is 0. The lowest BCUT2D eigenvalue weighted by atomic mass is 10.2. The van der Waals surface area contributed by atoms with Crippen molar-refractivity contribution in [3.8, 4) is 0 Å². The van der Waals surface area contributed by atoms with Gasteiger partial charge in [-0.1, -0.05) is 22.9 Å². The van der Waals surface area contributed by atoms with Crippen LogP contribution in [0.3, 0.4) is 0 Å². The third-order valence-corrected chi connectivity index (χ3v) is 8.29. The normalized spacial score (nSPS) is 11.6. The van der Waals surface area contributed by atoms with Gasteiger partial charge in [0.15, 0.2) is 15.0 Å². The van der Waals surface area contributed by atoms with Crippen molar-refractivity contribution in [2.75, 3.05) is 37.8 Å². The third-order valence-electron chi connectivity index (χ3n) is 5.02. The lowest BCUT2D eigenvalue weighted by molar-refractivity contribution is -0.118. The summed E-state index contributed by atoms with van der Waals surface area (Å²) in [5, 5.41) is 1.19. The number of hydrogen-bond donors (Lipinski definition) is 0. The van der Waals surface area contributed by atoms with Crippen molar-refractivity contribution in [1.82, 2.24) is 9.88 Å². The predicted molar refractivity (Wildman–Crippen MR) is 135 cm³/mol. The van der Waals surface area contributed by atoms with E-state index in [-0.39, 0.29) is 41.8 Å². The number of likely N-dealkylation sites (N-methyl/N-ethyl adjacent to an activating group) is 1. The lowest BCUT2D eigenvalue weighted by Crippen LogP contribution is -2.36. The molecular weight excluding hydrogens is 508 g/mol. The standard InChI is InChI=1S/C22H25ClFN3O3S2.ClH/c1-15-18(23)10-11-19-21(15)25-22(31-19)27(13-12-26(2)3)20(28)5-4-14-32(29,30)17-8-6-16(24)7-9-17;/h6-11H,4-5,12-14H2,1-3H3;1H. The van der Waals surface area contributed by atoms with Crippen molar-refractivity contribution >= 4 is 66.4 Å². The van der Waals surface area contributed by atoms with E-state index in [1.807, 2.05) is 38.1 Å². The fraction of sp³-hybridized carbons (Fsp3) is 0.364. The average Bonchev–Trinajstić information content (AvgIpc) is 3.15. The maximum Gasteiger partial charge on any atom is 0.228 e. The summed E-state index contributed by atoms with van der Waals surface area (Å²) in [5.41, 5.74) is 1.62. The van der Waals surface area contributed by atoms with Crippen LogP contribution in [0.4, 0.5) is 9.52 Å². The summed E-state index contributed by atoms with van der Waals surface area (Å²) >= 11 is 7.62. The number of benzene rings is 2. The Labute approximate surface area is 208 Å². The molecule has 0 radical (unpaired) electrons. The van der Waals surface area contributed by atoms with Crippen LogP contribution in [0, 0.1) is 12.7 Å². The molecule has 0 aliphatic rings. The largest absolute Gasteiger partial charge is 0.308 e. The lowest BCUT2D eigenvalue weighted by Gasteiger charge is -2.22. The SMILES string of the molecule is Cc1c(Cl)ccc2sc(N(CCN(C)C)C(=O)CCCS(=O)(=O)c3ccc(F)cc3)nc12.Cl. The highest BCUT2D eigenvalue weighted by Gasteiger charge is 2.22. The molecule has 0 spiro atoms. The quantitative estimate of drug-likeness (QED) is 0.363. The highest BCUT2D eigenvalue weighted by Crippen LogP contribution is 2.33. The minimum atomic E-state index is -3.59. The molecule has 0 N–H and O–H groups in total. The van der Waals surface area contributed by atoms with Crippen molar-refractivity contribution in [2.24, 2.45) is 0 Å². The topological polar surface area (TPSA) is 70.6 Å². The number of anilines is 1. The van der Waals surface area contributed by atoms with E-state index in [4.69, 9.17) is 11.6 Å². The Bertz CT molecular complexity index is 1220. The first-order chi connectivity index (χ1) is 15.1. The molecule has 3 aromatic rings. The fourth-order valence-corrected chi connectivity index (χ4v) is 5.67. The van der Waals surface area contributed by atoms with Gasteiger partial charge in [0, 0.05) is 24.5 Å². The van der Waals surface area contributed by atoms with E-state index in [9.17, 15) is 17.6 Å².